The Hall–Kier alpha value is -3.97. The number of carboxylic acid groups (broad SMARTS) is 2. The van der Waals surface area contributed by atoms with Gasteiger partial charge in [-0.05, 0) is 11.6 Å². The highest BCUT2D eigenvalue weighted by atomic mass is 16.4. The maximum atomic E-state index is 12.3. The van der Waals surface area contributed by atoms with E-state index in [4.69, 9.17) is 15.9 Å². The van der Waals surface area contributed by atoms with Gasteiger partial charge in [0, 0.05) is 23.5 Å². The molecular weight excluding hydrogens is 438 g/mol. The highest BCUT2D eigenvalue weighted by Gasteiger charge is 2.27. The Morgan fingerprint density at radius 2 is 1.70 bits per heavy atom. The second-order valence-electron chi connectivity index (χ2n) is 7.19. The summed E-state index contributed by atoms with van der Waals surface area (Å²) in [5.74, 6) is -5.46. The largest absolute Gasteiger partial charge is 0.481 e. The summed E-state index contributed by atoms with van der Waals surface area (Å²) in [6.45, 7) is -1.38. The van der Waals surface area contributed by atoms with Crippen LogP contribution in [0.2, 0.25) is 0 Å². The summed E-state index contributed by atoms with van der Waals surface area (Å²) in [6.07, 6.45) is 0.830. The van der Waals surface area contributed by atoms with Gasteiger partial charge in [0.05, 0.1) is 19.6 Å². The minimum atomic E-state index is -1.55. The first-order valence-electron chi connectivity index (χ1n) is 9.85. The average molecular weight is 463 g/mol. The summed E-state index contributed by atoms with van der Waals surface area (Å²) in [5.41, 5.74) is 6.81. The average Bonchev–Trinajstić information content (AvgIpc) is 3.18. The Labute approximate surface area is 187 Å². The monoisotopic (exact) mass is 463 g/mol. The highest BCUT2D eigenvalue weighted by molar-refractivity contribution is 5.94. The third-order valence-electron chi connectivity index (χ3n) is 4.70. The number of carbonyl (C=O) groups is 5. The molecule has 0 fully saturated rings. The quantitative estimate of drug-likeness (QED) is 0.169. The maximum Gasteiger partial charge on any atom is 0.326 e. The van der Waals surface area contributed by atoms with E-state index in [9.17, 15) is 29.1 Å². The molecule has 0 aliphatic rings. The van der Waals surface area contributed by atoms with Crippen molar-refractivity contribution < 1.29 is 39.3 Å². The molecule has 0 aliphatic carbocycles. The van der Waals surface area contributed by atoms with Crippen LogP contribution >= 0.6 is 0 Å². The molecule has 1 heterocycles. The molecule has 178 valence electrons. The van der Waals surface area contributed by atoms with Crippen molar-refractivity contribution in [2.24, 2.45) is 5.73 Å². The zero-order chi connectivity index (χ0) is 24.5. The first-order valence-corrected chi connectivity index (χ1v) is 9.85. The van der Waals surface area contributed by atoms with E-state index in [1.165, 1.54) is 0 Å². The summed E-state index contributed by atoms with van der Waals surface area (Å²) in [4.78, 5) is 61.9. The lowest BCUT2D eigenvalue weighted by atomic mass is 10.0. The number of aliphatic carboxylic acids is 2. The molecule has 0 bridgehead atoms. The van der Waals surface area contributed by atoms with Crippen molar-refractivity contribution in [1.82, 2.24) is 20.9 Å². The van der Waals surface area contributed by atoms with Gasteiger partial charge in [0.2, 0.25) is 17.7 Å². The Balaban J connectivity index is 1.97. The zero-order valence-corrected chi connectivity index (χ0v) is 17.4. The first kappa shape index (κ1) is 25.3. The number of hydrogen-bond donors (Lipinski definition) is 8. The normalized spacial score (nSPS) is 13.5. The van der Waals surface area contributed by atoms with Crippen LogP contribution in [0.15, 0.2) is 30.5 Å². The summed E-state index contributed by atoms with van der Waals surface area (Å²) in [6, 6.07) is 3.04. The van der Waals surface area contributed by atoms with Gasteiger partial charge in [0.1, 0.15) is 18.1 Å². The number of nitrogens with one attached hydrogen (secondary N) is 4. The van der Waals surface area contributed by atoms with Gasteiger partial charge >= 0.3 is 11.9 Å². The van der Waals surface area contributed by atoms with Crippen LogP contribution in [0.1, 0.15) is 12.0 Å². The minimum absolute atomic E-state index is 0.0181. The van der Waals surface area contributed by atoms with Gasteiger partial charge in [-0.1, -0.05) is 18.2 Å². The van der Waals surface area contributed by atoms with E-state index in [1.54, 1.807) is 12.3 Å². The van der Waals surface area contributed by atoms with Gasteiger partial charge in [-0.25, -0.2) is 4.79 Å². The molecule has 3 amide bonds. The van der Waals surface area contributed by atoms with E-state index in [2.05, 4.69) is 20.9 Å². The fourth-order valence-corrected chi connectivity index (χ4v) is 3.00. The van der Waals surface area contributed by atoms with Gasteiger partial charge in [0.15, 0.2) is 0 Å². The molecule has 2 rings (SSSR count). The standard InChI is InChI=1S/C20H25N5O8/c21-12(9-26)18(30)25-14(6-17(28)29)19(31)23-8-16(27)24-15(20(32)33)5-10-7-22-13-4-2-1-3-11(10)13/h1-4,7,12,14-15,22,26H,5-6,8-9,21H2,(H,23,31)(H,24,27)(H,25,30)(H,28,29)(H,32,33). The SMILES string of the molecule is NC(CO)C(=O)NC(CC(=O)O)C(=O)NCC(=O)NC(Cc1c[nH]c2ccccc12)C(=O)O. The predicted molar refractivity (Wildman–Crippen MR) is 114 cm³/mol. The number of aromatic amines is 1. The van der Waals surface area contributed by atoms with Crippen molar-refractivity contribution in [2.45, 2.75) is 31.0 Å². The lowest BCUT2D eigenvalue weighted by molar-refractivity contribution is -0.142. The Kier molecular flexibility index (Phi) is 8.89. The summed E-state index contributed by atoms with van der Waals surface area (Å²) < 4.78 is 0. The summed E-state index contributed by atoms with van der Waals surface area (Å²) >= 11 is 0. The van der Waals surface area contributed by atoms with E-state index in [0.717, 1.165) is 10.9 Å². The topological polar surface area (TPSA) is 224 Å². The summed E-state index contributed by atoms with van der Waals surface area (Å²) in [7, 11) is 0. The van der Waals surface area contributed by atoms with E-state index in [1.807, 2.05) is 18.2 Å². The van der Waals surface area contributed by atoms with Crippen molar-refractivity contribution in [1.29, 1.82) is 0 Å². The molecule has 0 saturated heterocycles. The van der Waals surface area contributed by atoms with Crippen LogP contribution < -0.4 is 21.7 Å². The molecule has 0 radical (unpaired) electrons. The van der Waals surface area contributed by atoms with Crippen molar-refractivity contribution >= 4 is 40.6 Å². The number of carbonyl (C=O) groups excluding carboxylic acids is 3. The van der Waals surface area contributed by atoms with Crippen LogP contribution in [0.25, 0.3) is 10.9 Å². The van der Waals surface area contributed by atoms with Crippen LogP contribution in [0.4, 0.5) is 0 Å². The molecule has 3 atom stereocenters. The maximum absolute atomic E-state index is 12.3. The van der Waals surface area contributed by atoms with E-state index in [-0.39, 0.29) is 6.42 Å². The van der Waals surface area contributed by atoms with Crippen LogP contribution in [-0.2, 0) is 30.4 Å². The number of para-hydroxylation sites is 1. The van der Waals surface area contributed by atoms with Crippen LogP contribution in [-0.4, -0.2) is 81.2 Å². The molecule has 13 heteroatoms. The molecule has 2 aromatic rings. The Bertz CT molecular complexity index is 1040. The number of nitrogens with two attached hydrogens (primary N) is 1. The first-order chi connectivity index (χ1) is 15.6. The fourth-order valence-electron chi connectivity index (χ4n) is 3.00. The second-order valence-corrected chi connectivity index (χ2v) is 7.19. The number of aromatic nitrogens is 1. The predicted octanol–water partition coefficient (Wildman–Crippen LogP) is -2.32. The smallest absolute Gasteiger partial charge is 0.326 e. The number of hydrogen-bond acceptors (Lipinski definition) is 7. The number of fused-ring (bicyclic) bond motifs is 1. The Morgan fingerprint density at radius 1 is 1.00 bits per heavy atom. The molecule has 3 unspecified atom stereocenters. The molecule has 13 nitrogen and oxygen atoms in total. The second kappa shape index (κ2) is 11.6. The minimum Gasteiger partial charge on any atom is -0.481 e. The molecule has 1 aromatic carbocycles. The lowest BCUT2D eigenvalue weighted by Crippen LogP contribution is -2.54. The number of benzene rings is 1. The van der Waals surface area contributed by atoms with E-state index < -0.39 is 67.4 Å². The number of H-pyrrole nitrogens is 1. The van der Waals surface area contributed by atoms with Gasteiger partial charge in [-0.3, -0.25) is 19.2 Å². The van der Waals surface area contributed by atoms with Crippen molar-refractivity contribution in [3.8, 4) is 0 Å². The van der Waals surface area contributed by atoms with Crippen molar-refractivity contribution in [3.05, 3.63) is 36.0 Å². The molecule has 9 N–H and O–H groups in total. The number of amides is 3. The summed E-state index contributed by atoms with van der Waals surface area (Å²) in [5, 5.41) is 34.6. The molecule has 33 heavy (non-hydrogen) atoms. The fraction of sp³-hybridized carbons (Fsp3) is 0.350. The number of rotatable bonds is 12. The van der Waals surface area contributed by atoms with E-state index >= 15 is 0 Å². The number of aliphatic hydroxyl groups is 1. The van der Waals surface area contributed by atoms with E-state index in [0.29, 0.717) is 5.56 Å². The molecular formula is C20H25N5O8. The molecule has 0 saturated carbocycles. The van der Waals surface area contributed by atoms with Gasteiger partial charge in [-0.2, -0.15) is 0 Å². The lowest BCUT2D eigenvalue weighted by Gasteiger charge is -2.19. The Morgan fingerprint density at radius 3 is 2.33 bits per heavy atom. The highest BCUT2D eigenvalue weighted by Crippen LogP contribution is 2.19. The van der Waals surface area contributed by atoms with Gasteiger partial charge in [-0.15, -0.1) is 0 Å². The van der Waals surface area contributed by atoms with Crippen molar-refractivity contribution in [3.63, 3.8) is 0 Å². The van der Waals surface area contributed by atoms with Gasteiger partial charge < -0.3 is 42.0 Å². The zero-order valence-electron chi connectivity index (χ0n) is 17.4. The number of carboxylic acids is 2. The molecule has 0 aliphatic heterocycles. The van der Waals surface area contributed by atoms with Crippen LogP contribution in [0, 0.1) is 0 Å². The number of aliphatic hydroxyl groups excluding tert-OH is 1. The van der Waals surface area contributed by atoms with Crippen molar-refractivity contribution in [2.75, 3.05) is 13.2 Å². The van der Waals surface area contributed by atoms with Gasteiger partial charge in [0.25, 0.3) is 0 Å². The molecule has 1 aromatic heterocycles. The third kappa shape index (κ3) is 7.29. The third-order valence-corrected chi connectivity index (χ3v) is 4.70. The van der Waals surface area contributed by atoms with Crippen LogP contribution in [0.3, 0.4) is 0 Å². The van der Waals surface area contributed by atoms with Crippen LogP contribution in [0.5, 0.6) is 0 Å². The molecule has 0 spiro atoms.